The number of aliphatic hydroxyl groups excluding tert-OH is 1. The molecule has 1 saturated heterocycles. The van der Waals surface area contributed by atoms with Gasteiger partial charge in [-0.25, -0.2) is 4.79 Å². The molecule has 1 heterocycles. The number of fused-ring (bicyclic) bond motifs is 1. The zero-order valence-corrected chi connectivity index (χ0v) is 13.9. The van der Waals surface area contributed by atoms with Crippen molar-refractivity contribution in [2.24, 2.45) is 11.8 Å². The van der Waals surface area contributed by atoms with Gasteiger partial charge in [-0.1, -0.05) is 30.3 Å². The van der Waals surface area contributed by atoms with E-state index in [1.165, 1.54) is 6.08 Å². The van der Waals surface area contributed by atoms with Crippen LogP contribution in [-0.4, -0.2) is 36.5 Å². The number of allylic oxidation sites excluding steroid dienone is 1. The summed E-state index contributed by atoms with van der Waals surface area (Å²) < 4.78 is 16.5. The normalized spacial score (nSPS) is 30.2. The van der Waals surface area contributed by atoms with Crippen LogP contribution in [0.25, 0.3) is 0 Å². The van der Waals surface area contributed by atoms with Gasteiger partial charge in [0.15, 0.2) is 0 Å². The average molecular weight is 332 g/mol. The fraction of sp³-hybridized carbons (Fsp3) is 0.526. The third-order valence-corrected chi connectivity index (χ3v) is 4.72. The van der Waals surface area contributed by atoms with E-state index < -0.39 is 6.10 Å². The van der Waals surface area contributed by atoms with Crippen molar-refractivity contribution in [1.82, 2.24) is 0 Å². The molecule has 2 aliphatic rings. The van der Waals surface area contributed by atoms with Crippen LogP contribution in [-0.2, 0) is 25.6 Å². The quantitative estimate of drug-likeness (QED) is 0.640. The molecule has 1 aromatic carbocycles. The van der Waals surface area contributed by atoms with Crippen molar-refractivity contribution in [1.29, 1.82) is 0 Å². The Labute approximate surface area is 142 Å². The highest BCUT2D eigenvalue weighted by Gasteiger charge is 2.48. The second-order valence-corrected chi connectivity index (χ2v) is 6.35. The first-order valence-electron chi connectivity index (χ1n) is 8.51. The summed E-state index contributed by atoms with van der Waals surface area (Å²) in [4.78, 5) is 11.5. The molecule has 4 atom stereocenters. The Hall–Kier alpha value is -1.85. The van der Waals surface area contributed by atoms with Crippen molar-refractivity contribution < 1.29 is 24.1 Å². The summed E-state index contributed by atoms with van der Waals surface area (Å²) in [7, 11) is 0. The third kappa shape index (κ3) is 3.97. The zero-order chi connectivity index (χ0) is 16.9. The van der Waals surface area contributed by atoms with Gasteiger partial charge in [-0.3, -0.25) is 0 Å². The topological polar surface area (TPSA) is 65.0 Å². The van der Waals surface area contributed by atoms with Gasteiger partial charge < -0.3 is 19.3 Å². The SMILES string of the molecule is CCOC(=O)C=C1C[C@H]2C(C[C@@H](O)[C@@H]2COCc2ccccc2)O1. The number of rotatable bonds is 6. The van der Waals surface area contributed by atoms with Crippen LogP contribution in [0.3, 0.4) is 0 Å². The fourth-order valence-corrected chi connectivity index (χ4v) is 3.57. The molecule has 1 unspecified atom stereocenters. The first-order chi connectivity index (χ1) is 11.7. The van der Waals surface area contributed by atoms with Crippen LogP contribution in [0.4, 0.5) is 0 Å². The maximum atomic E-state index is 11.5. The third-order valence-electron chi connectivity index (χ3n) is 4.72. The minimum absolute atomic E-state index is 0.0341. The second kappa shape index (κ2) is 7.81. The standard InChI is InChI=1S/C19H24O5/c1-2-23-19(21)9-14-8-15-16(17(20)10-18(15)24-14)12-22-11-13-6-4-3-5-7-13/h3-7,9,15-18,20H,2,8,10-12H2,1H3/t15-,16-,17-,18?/m1/s1. The smallest absolute Gasteiger partial charge is 0.334 e. The highest BCUT2D eigenvalue weighted by Crippen LogP contribution is 2.44. The van der Waals surface area contributed by atoms with Gasteiger partial charge in [0.05, 0.1) is 32.0 Å². The van der Waals surface area contributed by atoms with Gasteiger partial charge in [0.2, 0.25) is 0 Å². The number of esters is 1. The molecule has 0 bridgehead atoms. The van der Waals surface area contributed by atoms with Crippen molar-refractivity contribution in [2.45, 2.75) is 38.6 Å². The van der Waals surface area contributed by atoms with E-state index in [-0.39, 0.29) is 23.9 Å². The molecular formula is C19H24O5. The Bertz CT molecular complexity index is 583. The van der Waals surface area contributed by atoms with Crippen LogP contribution < -0.4 is 0 Å². The number of hydrogen-bond acceptors (Lipinski definition) is 5. The molecular weight excluding hydrogens is 308 g/mol. The lowest BCUT2D eigenvalue weighted by Crippen LogP contribution is -2.24. The summed E-state index contributed by atoms with van der Waals surface area (Å²) in [5, 5.41) is 10.3. The first kappa shape index (κ1) is 17.0. The summed E-state index contributed by atoms with van der Waals surface area (Å²) >= 11 is 0. The lowest BCUT2D eigenvalue weighted by Gasteiger charge is -2.19. The number of carbonyl (C=O) groups is 1. The first-order valence-corrected chi connectivity index (χ1v) is 8.51. The van der Waals surface area contributed by atoms with Crippen LogP contribution in [0.1, 0.15) is 25.3 Å². The van der Waals surface area contributed by atoms with E-state index in [0.717, 1.165) is 5.56 Å². The lowest BCUT2D eigenvalue weighted by atomic mass is 9.92. The number of carbonyl (C=O) groups excluding carboxylic acids is 1. The van der Waals surface area contributed by atoms with Gasteiger partial charge >= 0.3 is 5.97 Å². The predicted molar refractivity (Wildman–Crippen MR) is 87.9 cm³/mol. The summed E-state index contributed by atoms with van der Waals surface area (Å²) in [6.45, 7) is 3.16. The maximum absolute atomic E-state index is 11.5. The van der Waals surface area contributed by atoms with Crippen LogP contribution >= 0.6 is 0 Å². The molecule has 5 heteroatoms. The highest BCUT2D eigenvalue weighted by molar-refractivity contribution is 5.82. The lowest BCUT2D eigenvalue weighted by molar-refractivity contribution is -0.137. The Morgan fingerprint density at radius 2 is 2.17 bits per heavy atom. The molecule has 0 aromatic heterocycles. The molecule has 24 heavy (non-hydrogen) atoms. The average Bonchev–Trinajstić information content (AvgIpc) is 3.06. The van der Waals surface area contributed by atoms with Crippen molar-refractivity contribution in [3.05, 3.63) is 47.7 Å². The van der Waals surface area contributed by atoms with Crippen molar-refractivity contribution in [3.8, 4) is 0 Å². The van der Waals surface area contributed by atoms with Gasteiger partial charge in [0.25, 0.3) is 0 Å². The van der Waals surface area contributed by atoms with E-state index in [4.69, 9.17) is 14.2 Å². The van der Waals surface area contributed by atoms with Crippen LogP contribution in [0.2, 0.25) is 0 Å². The van der Waals surface area contributed by atoms with E-state index in [2.05, 4.69) is 0 Å². The Morgan fingerprint density at radius 3 is 2.92 bits per heavy atom. The molecule has 3 rings (SSSR count). The number of aliphatic hydroxyl groups is 1. The number of hydrogen-bond donors (Lipinski definition) is 1. The molecule has 0 radical (unpaired) electrons. The molecule has 1 aromatic rings. The highest BCUT2D eigenvalue weighted by atomic mass is 16.5. The summed E-state index contributed by atoms with van der Waals surface area (Å²) in [6, 6.07) is 9.98. The van der Waals surface area contributed by atoms with Gasteiger partial charge in [-0.05, 0) is 12.5 Å². The minimum Gasteiger partial charge on any atom is -0.494 e. The minimum atomic E-state index is -0.417. The number of benzene rings is 1. The van der Waals surface area contributed by atoms with E-state index in [0.29, 0.717) is 38.4 Å². The maximum Gasteiger partial charge on any atom is 0.334 e. The predicted octanol–water partition coefficient (Wildman–Crippen LogP) is 2.44. The molecule has 1 aliphatic heterocycles. The van der Waals surface area contributed by atoms with Crippen molar-refractivity contribution >= 4 is 5.97 Å². The Morgan fingerprint density at radius 1 is 1.38 bits per heavy atom. The van der Waals surface area contributed by atoms with Crippen molar-refractivity contribution in [2.75, 3.05) is 13.2 Å². The monoisotopic (exact) mass is 332 g/mol. The Balaban J connectivity index is 1.54. The molecule has 0 spiro atoms. The van der Waals surface area contributed by atoms with E-state index >= 15 is 0 Å². The summed E-state index contributed by atoms with van der Waals surface area (Å²) in [6.07, 6.45) is 2.21. The molecule has 1 N–H and O–H groups in total. The largest absolute Gasteiger partial charge is 0.494 e. The van der Waals surface area contributed by atoms with Crippen LogP contribution in [0.15, 0.2) is 42.2 Å². The summed E-state index contributed by atoms with van der Waals surface area (Å²) in [5.41, 5.74) is 1.12. The van der Waals surface area contributed by atoms with Crippen LogP contribution in [0.5, 0.6) is 0 Å². The molecule has 1 saturated carbocycles. The Kier molecular flexibility index (Phi) is 5.53. The summed E-state index contributed by atoms with van der Waals surface area (Å²) in [5.74, 6) is 0.511. The van der Waals surface area contributed by atoms with Gasteiger partial charge in [-0.15, -0.1) is 0 Å². The molecule has 1 aliphatic carbocycles. The second-order valence-electron chi connectivity index (χ2n) is 6.35. The number of ether oxygens (including phenoxy) is 3. The molecule has 2 fully saturated rings. The van der Waals surface area contributed by atoms with E-state index in [1.807, 2.05) is 30.3 Å². The van der Waals surface area contributed by atoms with E-state index in [9.17, 15) is 9.90 Å². The molecule has 130 valence electrons. The fourth-order valence-electron chi connectivity index (χ4n) is 3.57. The molecule has 5 nitrogen and oxygen atoms in total. The zero-order valence-electron chi connectivity index (χ0n) is 13.9. The van der Waals surface area contributed by atoms with E-state index in [1.54, 1.807) is 6.92 Å². The van der Waals surface area contributed by atoms with Crippen molar-refractivity contribution in [3.63, 3.8) is 0 Å². The van der Waals surface area contributed by atoms with Crippen LogP contribution in [0, 0.1) is 11.8 Å². The van der Waals surface area contributed by atoms with Gasteiger partial charge in [-0.2, -0.15) is 0 Å². The van der Waals surface area contributed by atoms with Gasteiger partial charge in [0, 0.05) is 24.7 Å². The molecule has 0 amide bonds. The van der Waals surface area contributed by atoms with Gasteiger partial charge in [0.1, 0.15) is 11.9 Å².